The minimum atomic E-state index is -3.71. The third kappa shape index (κ3) is 5.28. The lowest BCUT2D eigenvalue weighted by Gasteiger charge is -2.30. The van der Waals surface area contributed by atoms with Crippen LogP contribution in [0.2, 0.25) is 0 Å². The van der Waals surface area contributed by atoms with E-state index in [-0.39, 0.29) is 29.4 Å². The summed E-state index contributed by atoms with van der Waals surface area (Å²) in [4.78, 5) is 14.6. The van der Waals surface area contributed by atoms with Crippen molar-refractivity contribution in [2.45, 2.75) is 91.4 Å². The smallest absolute Gasteiger partial charge is 0.244 e. The predicted molar refractivity (Wildman–Crippen MR) is 98.9 cm³/mol. The SMILES string of the molecule is Cc1nn(CC(=O)N(C(C)C)C(C)C)c(C)c1S(=O)(=O)NC(C)(C)C. The van der Waals surface area contributed by atoms with Gasteiger partial charge in [0.25, 0.3) is 0 Å². The van der Waals surface area contributed by atoms with E-state index < -0.39 is 15.6 Å². The van der Waals surface area contributed by atoms with Crippen molar-refractivity contribution in [3.63, 3.8) is 0 Å². The summed E-state index contributed by atoms with van der Waals surface area (Å²) >= 11 is 0. The zero-order valence-corrected chi connectivity index (χ0v) is 17.7. The van der Waals surface area contributed by atoms with Gasteiger partial charge in [0, 0.05) is 17.6 Å². The molecule has 0 saturated carbocycles. The maximum absolute atomic E-state index is 12.7. The molecule has 0 saturated heterocycles. The molecule has 0 aliphatic heterocycles. The number of hydrogen-bond acceptors (Lipinski definition) is 4. The first-order valence-electron chi connectivity index (χ1n) is 8.56. The van der Waals surface area contributed by atoms with Crippen LogP contribution in [-0.4, -0.2) is 46.6 Å². The third-order valence-corrected chi connectivity index (χ3v) is 5.72. The lowest BCUT2D eigenvalue weighted by atomic mass is 10.1. The summed E-state index contributed by atoms with van der Waals surface area (Å²) in [7, 11) is -3.71. The Hall–Kier alpha value is -1.41. The van der Waals surface area contributed by atoms with Gasteiger partial charge in [-0.15, -0.1) is 0 Å². The number of aromatic nitrogens is 2. The van der Waals surface area contributed by atoms with Crippen LogP contribution in [0.3, 0.4) is 0 Å². The Kier molecular flexibility index (Phi) is 6.45. The lowest BCUT2D eigenvalue weighted by molar-refractivity contribution is -0.135. The van der Waals surface area contributed by atoms with Crippen molar-refractivity contribution in [2.75, 3.05) is 0 Å². The minimum absolute atomic E-state index is 0.0219. The Labute approximate surface area is 151 Å². The fourth-order valence-corrected chi connectivity index (χ4v) is 4.89. The van der Waals surface area contributed by atoms with Gasteiger partial charge in [0.2, 0.25) is 15.9 Å². The van der Waals surface area contributed by atoms with Crippen molar-refractivity contribution in [1.82, 2.24) is 19.4 Å². The first-order valence-corrected chi connectivity index (χ1v) is 10.0. The summed E-state index contributed by atoms with van der Waals surface area (Å²) in [6.07, 6.45) is 0. The number of amides is 1. The molecule has 7 nitrogen and oxygen atoms in total. The van der Waals surface area contributed by atoms with Gasteiger partial charge in [-0.3, -0.25) is 9.48 Å². The number of nitrogens with one attached hydrogen (secondary N) is 1. The summed E-state index contributed by atoms with van der Waals surface area (Å²) in [6.45, 7) is 16.5. The Morgan fingerprint density at radius 3 is 2.04 bits per heavy atom. The lowest BCUT2D eigenvalue weighted by Crippen LogP contribution is -2.44. The molecular weight excluding hydrogens is 340 g/mol. The molecule has 1 amide bonds. The topological polar surface area (TPSA) is 84.3 Å². The van der Waals surface area contributed by atoms with Gasteiger partial charge in [0.15, 0.2) is 0 Å². The Balaban J connectivity index is 3.21. The second-order valence-electron chi connectivity index (χ2n) is 8.00. The largest absolute Gasteiger partial charge is 0.336 e. The first-order chi connectivity index (χ1) is 11.2. The van der Waals surface area contributed by atoms with Crippen LogP contribution in [0.5, 0.6) is 0 Å². The number of carbonyl (C=O) groups is 1. The Bertz CT molecular complexity index is 720. The molecule has 0 bridgehead atoms. The normalized spacial score (nSPS) is 12.9. The van der Waals surface area contributed by atoms with Crippen LogP contribution < -0.4 is 4.72 Å². The molecule has 0 fully saturated rings. The minimum Gasteiger partial charge on any atom is -0.336 e. The second-order valence-corrected chi connectivity index (χ2v) is 9.62. The van der Waals surface area contributed by atoms with E-state index in [1.54, 1.807) is 39.5 Å². The highest BCUT2D eigenvalue weighted by molar-refractivity contribution is 7.89. The van der Waals surface area contributed by atoms with Crippen LogP contribution in [0.15, 0.2) is 4.90 Å². The second kappa shape index (κ2) is 7.45. The van der Waals surface area contributed by atoms with Crippen molar-refractivity contribution in [3.05, 3.63) is 11.4 Å². The number of carbonyl (C=O) groups excluding carboxylic acids is 1. The van der Waals surface area contributed by atoms with E-state index >= 15 is 0 Å². The average Bonchev–Trinajstić information content (AvgIpc) is 2.60. The molecule has 0 aromatic carbocycles. The van der Waals surface area contributed by atoms with E-state index in [1.165, 1.54) is 4.68 Å². The number of hydrogen-bond donors (Lipinski definition) is 1. The molecule has 1 heterocycles. The van der Waals surface area contributed by atoms with Gasteiger partial charge in [0.1, 0.15) is 11.4 Å². The monoisotopic (exact) mass is 372 g/mol. The summed E-state index contributed by atoms with van der Waals surface area (Å²) in [5.74, 6) is -0.0803. The van der Waals surface area contributed by atoms with Crippen molar-refractivity contribution >= 4 is 15.9 Å². The molecular formula is C17H32N4O3S. The molecule has 0 aliphatic carbocycles. The maximum atomic E-state index is 12.7. The fraction of sp³-hybridized carbons (Fsp3) is 0.765. The molecule has 1 N–H and O–H groups in total. The Morgan fingerprint density at radius 1 is 1.16 bits per heavy atom. The molecule has 0 aliphatic rings. The zero-order chi connectivity index (χ0) is 19.7. The first kappa shape index (κ1) is 21.6. The highest BCUT2D eigenvalue weighted by Crippen LogP contribution is 2.21. The van der Waals surface area contributed by atoms with Crippen molar-refractivity contribution in [2.24, 2.45) is 0 Å². The van der Waals surface area contributed by atoms with E-state index in [0.717, 1.165) is 0 Å². The summed E-state index contributed by atoms with van der Waals surface area (Å²) in [5.41, 5.74) is 0.264. The standard InChI is InChI=1S/C17H32N4O3S/c1-11(2)21(12(3)4)15(22)10-20-14(6)16(13(5)18-20)25(23,24)19-17(7,8)9/h11-12,19H,10H2,1-9H3. The van der Waals surface area contributed by atoms with E-state index in [2.05, 4.69) is 9.82 Å². The fourth-order valence-electron chi connectivity index (χ4n) is 3.06. The highest BCUT2D eigenvalue weighted by Gasteiger charge is 2.30. The van der Waals surface area contributed by atoms with E-state index in [1.807, 2.05) is 27.7 Å². The molecule has 0 spiro atoms. The van der Waals surface area contributed by atoms with E-state index in [4.69, 9.17) is 0 Å². The van der Waals surface area contributed by atoms with Gasteiger partial charge >= 0.3 is 0 Å². The van der Waals surface area contributed by atoms with Crippen LogP contribution >= 0.6 is 0 Å². The van der Waals surface area contributed by atoms with Crippen LogP contribution in [0.25, 0.3) is 0 Å². The van der Waals surface area contributed by atoms with Crippen molar-refractivity contribution < 1.29 is 13.2 Å². The Morgan fingerprint density at radius 2 is 1.64 bits per heavy atom. The predicted octanol–water partition coefficient (Wildman–Crippen LogP) is 2.22. The quantitative estimate of drug-likeness (QED) is 0.830. The number of rotatable bonds is 6. The number of nitrogens with zero attached hydrogens (tertiary/aromatic N) is 3. The van der Waals surface area contributed by atoms with Gasteiger partial charge in [-0.2, -0.15) is 5.10 Å². The molecule has 1 rings (SSSR count). The molecule has 0 radical (unpaired) electrons. The molecule has 144 valence electrons. The van der Waals surface area contributed by atoms with Crippen molar-refractivity contribution in [1.29, 1.82) is 0 Å². The molecule has 25 heavy (non-hydrogen) atoms. The van der Waals surface area contributed by atoms with E-state index in [9.17, 15) is 13.2 Å². The summed E-state index contributed by atoms with van der Waals surface area (Å²) in [5, 5.41) is 4.30. The van der Waals surface area contributed by atoms with Gasteiger partial charge in [-0.05, 0) is 62.3 Å². The van der Waals surface area contributed by atoms with E-state index in [0.29, 0.717) is 11.4 Å². The molecule has 1 aromatic rings. The zero-order valence-electron chi connectivity index (χ0n) is 16.8. The van der Waals surface area contributed by atoms with Gasteiger partial charge < -0.3 is 4.90 Å². The van der Waals surface area contributed by atoms with Gasteiger partial charge in [-0.25, -0.2) is 13.1 Å². The molecule has 1 aromatic heterocycles. The molecule has 0 atom stereocenters. The number of aryl methyl sites for hydroxylation is 1. The summed E-state index contributed by atoms with van der Waals surface area (Å²) < 4.78 is 29.5. The van der Waals surface area contributed by atoms with Gasteiger partial charge in [0.05, 0.1) is 11.4 Å². The third-order valence-electron chi connectivity index (χ3n) is 3.71. The van der Waals surface area contributed by atoms with Crippen LogP contribution in [0.4, 0.5) is 0 Å². The maximum Gasteiger partial charge on any atom is 0.244 e. The van der Waals surface area contributed by atoms with Crippen LogP contribution in [0.1, 0.15) is 59.9 Å². The molecule has 0 unspecified atom stereocenters. The number of sulfonamides is 1. The molecule has 8 heteroatoms. The van der Waals surface area contributed by atoms with Gasteiger partial charge in [-0.1, -0.05) is 0 Å². The van der Waals surface area contributed by atoms with Crippen LogP contribution in [0, 0.1) is 13.8 Å². The highest BCUT2D eigenvalue weighted by atomic mass is 32.2. The average molecular weight is 373 g/mol. The summed E-state index contributed by atoms with van der Waals surface area (Å²) in [6, 6.07) is 0.130. The van der Waals surface area contributed by atoms with Crippen molar-refractivity contribution in [3.8, 4) is 0 Å². The van der Waals surface area contributed by atoms with Crippen LogP contribution in [-0.2, 0) is 21.4 Å².